The maximum absolute atomic E-state index is 12.2. The zero-order valence-electron chi connectivity index (χ0n) is 12.9. The molecule has 1 rings (SSSR count). The standard InChI is InChI=1S/C14H22N2O4S/c1-10(2)16(8-13(18)20-4)12(17)6-5-7-15-11(3)9-21-14(15)19/h9-10H,5-8H2,1-4H3. The first kappa shape index (κ1) is 17.4. The number of rotatable bonds is 7. The molecule has 0 fully saturated rings. The quantitative estimate of drug-likeness (QED) is 0.714. The number of ether oxygens (including phenoxy) is 1. The molecular formula is C14H22N2O4S. The van der Waals surface area contributed by atoms with Crippen molar-refractivity contribution in [2.45, 2.75) is 46.2 Å². The average molecular weight is 314 g/mol. The van der Waals surface area contributed by atoms with Crippen LogP contribution in [-0.4, -0.2) is 41.0 Å². The Labute approximate surface area is 128 Å². The molecule has 7 heteroatoms. The lowest BCUT2D eigenvalue weighted by Gasteiger charge is -2.25. The first-order valence-electron chi connectivity index (χ1n) is 6.88. The second-order valence-electron chi connectivity index (χ2n) is 5.09. The second kappa shape index (κ2) is 7.97. The van der Waals surface area contributed by atoms with Gasteiger partial charge in [-0.15, -0.1) is 0 Å². The Bertz CT molecular complexity index is 547. The Morgan fingerprint density at radius 2 is 2.10 bits per heavy atom. The second-order valence-corrected chi connectivity index (χ2v) is 5.91. The predicted octanol–water partition coefficient (Wildman–Crippen LogP) is 1.41. The lowest BCUT2D eigenvalue weighted by molar-refractivity contribution is -0.148. The fourth-order valence-electron chi connectivity index (χ4n) is 1.97. The molecule has 0 saturated heterocycles. The smallest absolute Gasteiger partial charge is 0.325 e. The van der Waals surface area contributed by atoms with Gasteiger partial charge in [-0.05, 0) is 27.2 Å². The Hall–Kier alpha value is -1.63. The fraction of sp³-hybridized carbons (Fsp3) is 0.643. The van der Waals surface area contributed by atoms with E-state index < -0.39 is 5.97 Å². The molecule has 1 heterocycles. The largest absolute Gasteiger partial charge is 0.468 e. The predicted molar refractivity (Wildman–Crippen MR) is 81.4 cm³/mol. The van der Waals surface area contributed by atoms with E-state index in [4.69, 9.17) is 0 Å². The minimum atomic E-state index is -0.429. The van der Waals surface area contributed by atoms with Gasteiger partial charge in [0.25, 0.3) is 0 Å². The highest BCUT2D eigenvalue weighted by Crippen LogP contribution is 2.07. The monoisotopic (exact) mass is 314 g/mol. The lowest BCUT2D eigenvalue weighted by atomic mass is 10.2. The summed E-state index contributed by atoms with van der Waals surface area (Å²) in [6.07, 6.45) is 0.873. The normalized spacial score (nSPS) is 10.7. The van der Waals surface area contributed by atoms with Crippen LogP contribution in [-0.2, 0) is 20.9 Å². The Balaban J connectivity index is 2.54. The van der Waals surface area contributed by atoms with Crippen molar-refractivity contribution in [3.63, 3.8) is 0 Å². The number of carbonyl (C=O) groups is 2. The number of thiazole rings is 1. The highest BCUT2D eigenvalue weighted by Gasteiger charge is 2.20. The van der Waals surface area contributed by atoms with Gasteiger partial charge in [-0.3, -0.25) is 14.4 Å². The molecule has 0 aliphatic carbocycles. The number of esters is 1. The third-order valence-corrected chi connectivity index (χ3v) is 4.10. The lowest BCUT2D eigenvalue weighted by Crippen LogP contribution is -2.41. The zero-order valence-corrected chi connectivity index (χ0v) is 13.7. The summed E-state index contributed by atoms with van der Waals surface area (Å²) in [4.78, 5) is 36.5. The Morgan fingerprint density at radius 1 is 1.43 bits per heavy atom. The summed E-state index contributed by atoms with van der Waals surface area (Å²) in [6.45, 7) is 6.06. The van der Waals surface area contributed by atoms with Crippen molar-refractivity contribution in [2.24, 2.45) is 0 Å². The molecule has 0 bridgehead atoms. The van der Waals surface area contributed by atoms with Gasteiger partial charge >= 0.3 is 10.8 Å². The third-order valence-electron chi connectivity index (χ3n) is 3.22. The molecule has 1 aromatic heterocycles. The molecule has 21 heavy (non-hydrogen) atoms. The molecular weight excluding hydrogens is 292 g/mol. The molecule has 1 aromatic rings. The molecule has 0 N–H and O–H groups in total. The van der Waals surface area contributed by atoms with Crippen molar-refractivity contribution in [1.29, 1.82) is 0 Å². The van der Waals surface area contributed by atoms with Gasteiger partial charge in [-0.25, -0.2) is 0 Å². The molecule has 0 aromatic carbocycles. The summed E-state index contributed by atoms with van der Waals surface area (Å²) in [7, 11) is 1.30. The van der Waals surface area contributed by atoms with Crippen LogP contribution in [0.5, 0.6) is 0 Å². The minimum absolute atomic E-state index is 0.00442. The minimum Gasteiger partial charge on any atom is -0.468 e. The first-order valence-corrected chi connectivity index (χ1v) is 7.76. The highest BCUT2D eigenvalue weighted by molar-refractivity contribution is 7.07. The third kappa shape index (κ3) is 5.00. The summed E-state index contributed by atoms with van der Waals surface area (Å²) in [5, 5.41) is 1.81. The van der Waals surface area contributed by atoms with Crippen LogP contribution in [0.4, 0.5) is 0 Å². The number of amides is 1. The zero-order chi connectivity index (χ0) is 16.0. The van der Waals surface area contributed by atoms with Crippen molar-refractivity contribution in [3.8, 4) is 0 Å². The number of aromatic nitrogens is 1. The van der Waals surface area contributed by atoms with Crippen molar-refractivity contribution in [1.82, 2.24) is 9.47 Å². The van der Waals surface area contributed by atoms with Crippen molar-refractivity contribution >= 4 is 23.2 Å². The van der Waals surface area contributed by atoms with E-state index >= 15 is 0 Å². The van der Waals surface area contributed by atoms with E-state index in [1.807, 2.05) is 26.2 Å². The molecule has 0 atom stereocenters. The summed E-state index contributed by atoms with van der Waals surface area (Å²) in [6, 6.07) is -0.0674. The van der Waals surface area contributed by atoms with Crippen LogP contribution < -0.4 is 4.87 Å². The van der Waals surface area contributed by atoms with Crippen LogP contribution in [0, 0.1) is 6.92 Å². The van der Waals surface area contributed by atoms with E-state index in [1.54, 1.807) is 4.57 Å². The van der Waals surface area contributed by atoms with Crippen LogP contribution in [0.2, 0.25) is 0 Å². The maximum atomic E-state index is 12.2. The molecule has 0 aliphatic rings. The van der Waals surface area contributed by atoms with Gasteiger partial charge in [-0.2, -0.15) is 0 Å². The number of carbonyl (C=O) groups excluding carboxylic acids is 2. The van der Waals surface area contributed by atoms with E-state index in [2.05, 4.69) is 4.74 Å². The van der Waals surface area contributed by atoms with Gasteiger partial charge in [0.15, 0.2) is 0 Å². The van der Waals surface area contributed by atoms with Crippen LogP contribution >= 0.6 is 11.3 Å². The van der Waals surface area contributed by atoms with Gasteiger partial charge < -0.3 is 14.2 Å². The first-order chi connectivity index (χ1) is 9.86. The van der Waals surface area contributed by atoms with Gasteiger partial charge in [-0.1, -0.05) is 11.3 Å². The van der Waals surface area contributed by atoms with Gasteiger partial charge in [0.2, 0.25) is 5.91 Å². The van der Waals surface area contributed by atoms with E-state index in [0.29, 0.717) is 19.4 Å². The maximum Gasteiger partial charge on any atom is 0.325 e. The molecule has 1 amide bonds. The molecule has 0 radical (unpaired) electrons. The topological polar surface area (TPSA) is 68.6 Å². The van der Waals surface area contributed by atoms with Crippen molar-refractivity contribution in [2.75, 3.05) is 13.7 Å². The number of hydrogen-bond donors (Lipinski definition) is 0. The molecule has 0 spiro atoms. The molecule has 0 aliphatic heterocycles. The van der Waals surface area contributed by atoms with Gasteiger partial charge in [0, 0.05) is 30.1 Å². The summed E-state index contributed by atoms with van der Waals surface area (Å²) >= 11 is 1.16. The van der Waals surface area contributed by atoms with E-state index in [9.17, 15) is 14.4 Å². The number of nitrogens with zero attached hydrogens (tertiary/aromatic N) is 2. The summed E-state index contributed by atoms with van der Waals surface area (Å²) in [5.74, 6) is -0.529. The summed E-state index contributed by atoms with van der Waals surface area (Å²) < 4.78 is 6.26. The van der Waals surface area contributed by atoms with Crippen LogP contribution in [0.25, 0.3) is 0 Å². The molecule has 0 unspecified atom stereocenters. The van der Waals surface area contributed by atoms with Crippen molar-refractivity contribution < 1.29 is 14.3 Å². The van der Waals surface area contributed by atoms with Crippen LogP contribution in [0.3, 0.4) is 0 Å². The van der Waals surface area contributed by atoms with Crippen molar-refractivity contribution in [3.05, 3.63) is 20.7 Å². The SMILES string of the molecule is COC(=O)CN(C(=O)CCCn1c(C)csc1=O)C(C)C. The Kier molecular flexibility index (Phi) is 6.61. The molecule has 0 saturated carbocycles. The number of aryl methyl sites for hydroxylation is 1. The highest BCUT2D eigenvalue weighted by atomic mass is 32.1. The molecule has 118 valence electrons. The number of hydrogen-bond acceptors (Lipinski definition) is 5. The van der Waals surface area contributed by atoms with Crippen LogP contribution in [0.1, 0.15) is 32.4 Å². The average Bonchev–Trinajstić information content (AvgIpc) is 2.75. The molecule has 6 nitrogen and oxygen atoms in total. The Morgan fingerprint density at radius 3 is 2.57 bits per heavy atom. The van der Waals surface area contributed by atoms with Gasteiger partial charge in [0.05, 0.1) is 7.11 Å². The summed E-state index contributed by atoms with van der Waals surface area (Å²) in [5.41, 5.74) is 0.910. The number of methoxy groups -OCH3 is 1. The van der Waals surface area contributed by atoms with E-state index in [-0.39, 0.29) is 23.4 Å². The fourth-order valence-corrected chi connectivity index (χ4v) is 2.73. The van der Waals surface area contributed by atoms with E-state index in [0.717, 1.165) is 17.0 Å². The van der Waals surface area contributed by atoms with Gasteiger partial charge in [0.1, 0.15) is 6.54 Å². The van der Waals surface area contributed by atoms with Crippen LogP contribution in [0.15, 0.2) is 10.2 Å². The van der Waals surface area contributed by atoms with E-state index in [1.165, 1.54) is 12.0 Å².